The predicted octanol–water partition coefficient (Wildman–Crippen LogP) is 3.08. The van der Waals surface area contributed by atoms with Gasteiger partial charge in [0.05, 0.1) is 18.5 Å². The Kier molecular flexibility index (Phi) is 7.48. The molecule has 1 atom stereocenters. The molecule has 1 fully saturated rings. The van der Waals surface area contributed by atoms with Crippen molar-refractivity contribution in [1.82, 2.24) is 20.4 Å². The fraction of sp³-hybridized carbons (Fsp3) is 0.545. The fourth-order valence-corrected chi connectivity index (χ4v) is 4.15. The molecule has 1 aliphatic rings. The zero-order valence-electron chi connectivity index (χ0n) is 18.6. The van der Waals surface area contributed by atoms with Crippen LogP contribution in [0.5, 0.6) is 5.75 Å². The summed E-state index contributed by atoms with van der Waals surface area (Å²) in [4.78, 5) is 7.12. The van der Waals surface area contributed by atoms with Crippen molar-refractivity contribution in [2.75, 3.05) is 38.2 Å². The molecule has 2 N–H and O–H groups in total. The number of guanidine groups is 1. The summed E-state index contributed by atoms with van der Waals surface area (Å²) in [5.41, 5.74) is 4.63. The molecule has 0 spiro atoms. The lowest BCUT2D eigenvalue weighted by molar-refractivity contribution is 0.415. The molecule has 1 aromatic heterocycles. The quantitative estimate of drug-likeness (QED) is 0.520. The van der Waals surface area contributed by atoms with Gasteiger partial charge in [0.1, 0.15) is 5.75 Å². The van der Waals surface area contributed by atoms with Gasteiger partial charge in [0, 0.05) is 50.0 Å². The summed E-state index contributed by atoms with van der Waals surface area (Å²) in [5.74, 6) is 1.71. The summed E-state index contributed by atoms with van der Waals surface area (Å²) in [6, 6.07) is 6.07. The highest BCUT2D eigenvalue weighted by molar-refractivity contribution is 6.30. The number of hydrogen-bond acceptors (Lipinski definition) is 4. The largest absolute Gasteiger partial charge is 0.495 e. The van der Waals surface area contributed by atoms with Crippen molar-refractivity contribution in [3.63, 3.8) is 0 Å². The topological polar surface area (TPSA) is 66.7 Å². The van der Waals surface area contributed by atoms with Gasteiger partial charge in [0.15, 0.2) is 5.96 Å². The summed E-state index contributed by atoms with van der Waals surface area (Å²) >= 11 is 6.21. The molecule has 164 valence electrons. The van der Waals surface area contributed by atoms with Crippen molar-refractivity contribution in [3.05, 3.63) is 40.2 Å². The first kappa shape index (κ1) is 22.3. The monoisotopic (exact) mass is 432 g/mol. The van der Waals surface area contributed by atoms with E-state index in [1.54, 1.807) is 7.11 Å². The van der Waals surface area contributed by atoms with E-state index in [9.17, 15) is 0 Å². The molecule has 1 aliphatic heterocycles. The number of aromatic nitrogens is 2. The van der Waals surface area contributed by atoms with Crippen molar-refractivity contribution >= 4 is 23.2 Å². The summed E-state index contributed by atoms with van der Waals surface area (Å²) in [6.45, 7) is 9.64. The minimum absolute atomic E-state index is 0.313. The van der Waals surface area contributed by atoms with Crippen LogP contribution in [0.3, 0.4) is 0 Å². The number of methoxy groups -OCH3 is 1. The summed E-state index contributed by atoms with van der Waals surface area (Å²) in [5, 5.41) is 12.2. The van der Waals surface area contributed by atoms with Gasteiger partial charge in [-0.3, -0.25) is 9.67 Å². The molecule has 1 unspecified atom stereocenters. The van der Waals surface area contributed by atoms with Gasteiger partial charge in [0.25, 0.3) is 0 Å². The van der Waals surface area contributed by atoms with Crippen LogP contribution in [0, 0.1) is 13.8 Å². The average Bonchev–Trinajstić information content (AvgIpc) is 3.27. The second-order valence-corrected chi connectivity index (χ2v) is 8.11. The molecule has 2 aromatic rings. The molecule has 2 heterocycles. The molecule has 3 rings (SSSR count). The van der Waals surface area contributed by atoms with E-state index in [0.717, 1.165) is 67.1 Å². The smallest absolute Gasteiger partial charge is 0.191 e. The van der Waals surface area contributed by atoms with E-state index in [1.165, 1.54) is 11.3 Å². The normalized spacial score (nSPS) is 16.8. The van der Waals surface area contributed by atoms with Gasteiger partial charge in [-0.25, -0.2) is 0 Å². The van der Waals surface area contributed by atoms with Gasteiger partial charge in [-0.05, 0) is 57.4 Å². The number of hydrogen-bond donors (Lipinski definition) is 2. The van der Waals surface area contributed by atoms with E-state index in [1.807, 2.05) is 29.9 Å². The molecule has 1 aromatic carbocycles. The van der Waals surface area contributed by atoms with Crippen molar-refractivity contribution in [2.24, 2.45) is 12.0 Å². The van der Waals surface area contributed by atoms with Crippen LogP contribution < -0.4 is 20.3 Å². The van der Waals surface area contributed by atoms with E-state index < -0.39 is 0 Å². The van der Waals surface area contributed by atoms with Gasteiger partial charge in [0.2, 0.25) is 0 Å². The van der Waals surface area contributed by atoms with Gasteiger partial charge >= 0.3 is 0 Å². The van der Waals surface area contributed by atoms with E-state index in [-0.39, 0.29) is 0 Å². The van der Waals surface area contributed by atoms with Gasteiger partial charge in [-0.15, -0.1) is 0 Å². The van der Waals surface area contributed by atoms with E-state index in [0.29, 0.717) is 6.04 Å². The van der Waals surface area contributed by atoms with Crippen molar-refractivity contribution < 1.29 is 4.74 Å². The van der Waals surface area contributed by atoms with Crippen molar-refractivity contribution in [2.45, 2.75) is 39.7 Å². The summed E-state index contributed by atoms with van der Waals surface area (Å²) in [7, 11) is 3.68. The maximum absolute atomic E-state index is 6.21. The number of nitrogens with one attached hydrogen (secondary N) is 2. The Morgan fingerprint density at radius 1 is 1.37 bits per heavy atom. The average molecular weight is 433 g/mol. The Bertz CT molecular complexity index is 894. The van der Waals surface area contributed by atoms with Crippen LogP contribution >= 0.6 is 11.6 Å². The first-order valence-electron chi connectivity index (χ1n) is 10.5. The standard InChI is InChI=1S/C22H33ClN6O/c1-6-24-22(25-11-9-19-15(2)27-28(4)16(19)3)26-18-10-12-29(14-18)20-13-17(23)7-8-21(20)30-5/h7-8,13,18H,6,9-12,14H2,1-5H3,(H2,24,25,26). The number of aliphatic imine (C=N–C) groups is 1. The molecular formula is C22H33ClN6O. The second-order valence-electron chi connectivity index (χ2n) is 7.68. The summed E-state index contributed by atoms with van der Waals surface area (Å²) in [6.07, 6.45) is 1.92. The van der Waals surface area contributed by atoms with Crippen LogP contribution in [0.2, 0.25) is 5.02 Å². The molecule has 30 heavy (non-hydrogen) atoms. The minimum atomic E-state index is 0.313. The first-order valence-corrected chi connectivity index (χ1v) is 10.9. The molecule has 8 heteroatoms. The molecule has 0 amide bonds. The van der Waals surface area contributed by atoms with E-state index in [4.69, 9.17) is 21.3 Å². The predicted molar refractivity (Wildman–Crippen MR) is 124 cm³/mol. The number of halogens is 1. The Hall–Kier alpha value is -2.41. The van der Waals surface area contributed by atoms with Crippen LogP contribution in [-0.2, 0) is 13.5 Å². The number of anilines is 1. The highest BCUT2D eigenvalue weighted by Gasteiger charge is 2.25. The van der Waals surface area contributed by atoms with Crippen molar-refractivity contribution in [3.8, 4) is 5.75 Å². The molecule has 0 bridgehead atoms. The van der Waals surface area contributed by atoms with Gasteiger partial charge < -0.3 is 20.3 Å². The Morgan fingerprint density at radius 2 is 2.17 bits per heavy atom. The van der Waals surface area contributed by atoms with Crippen LogP contribution in [0.4, 0.5) is 5.69 Å². The van der Waals surface area contributed by atoms with Gasteiger partial charge in [-0.2, -0.15) is 5.10 Å². The SMILES string of the molecule is CCNC(=NCCc1c(C)nn(C)c1C)NC1CCN(c2cc(Cl)ccc2OC)C1. The van der Waals surface area contributed by atoms with E-state index >= 15 is 0 Å². The third kappa shape index (κ3) is 5.19. The van der Waals surface area contributed by atoms with Gasteiger partial charge in [-0.1, -0.05) is 11.6 Å². The molecular weight excluding hydrogens is 400 g/mol. The molecule has 0 radical (unpaired) electrons. The number of aryl methyl sites for hydroxylation is 2. The molecule has 0 aliphatic carbocycles. The summed E-state index contributed by atoms with van der Waals surface area (Å²) < 4.78 is 7.46. The lowest BCUT2D eigenvalue weighted by Crippen LogP contribution is -2.44. The highest BCUT2D eigenvalue weighted by Crippen LogP contribution is 2.33. The maximum Gasteiger partial charge on any atom is 0.191 e. The second kappa shape index (κ2) is 10.1. The first-order chi connectivity index (χ1) is 14.4. The fourth-order valence-electron chi connectivity index (χ4n) is 3.98. The highest BCUT2D eigenvalue weighted by atomic mass is 35.5. The Labute approximate surface area is 184 Å². The number of nitrogens with zero attached hydrogens (tertiary/aromatic N) is 4. The number of rotatable bonds is 7. The van der Waals surface area contributed by atoms with Crippen LogP contribution in [0.15, 0.2) is 23.2 Å². The maximum atomic E-state index is 6.21. The van der Waals surface area contributed by atoms with Crippen LogP contribution in [-0.4, -0.2) is 55.1 Å². The van der Waals surface area contributed by atoms with Crippen LogP contribution in [0.1, 0.15) is 30.3 Å². The van der Waals surface area contributed by atoms with E-state index in [2.05, 4.69) is 41.4 Å². The minimum Gasteiger partial charge on any atom is -0.495 e. The zero-order chi connectivity index (χ0) is 21.7. The molecule has 0 saturated carbocycles. The molecule has 1 saturated heterocycles. The molecule has 7 nitrogen and oxygen atoms in total. The lowest BCUT2D eigenvalue weighted by Gasteiger charge is -2.22. The Morgan fingerprint density at radius 3 is 2.83 bits per heavy atom. The number of ether oxygens (including phenoxy) is 1. The number of benzene rings is 1. The van der Waals surface area contributed by atoms with Crippen molar-refractivity contribution in [1.29, 1.82) is 0 Å². The Balaban J connectivity index is 1.61. The third-order valence-corrected chi connectivity index (χ3v) is 5.88. The lowest BCUT2D eigenvalue weighted by atomic mass is 10.1. The third-order valence-electron chi connectivity index (χ3n) is 5.65. The van der Waals surface area contributed by atoms with Crippen LogP contribution in [0.25, 0.3) is 0 Å². The zero-order valence-corrected chi connectivity index (χ0v) is 19.4.